The largest absolute Gasteiger partial charge is 0.481 e. The van der Waals surface area contributed by atoms with E-state index in [1.807, 2.05) is 6.92 Å². The lowest BCUT2D eigenvalue weighted by atomic mass is 9.92. The predicted octanol–water partition coefficient (Wildman–Crippen LogP) is 3.35. The van der Waals surface area contributed by atoms with Gasteiger partial charge >= 0.3 is 5.97 Å². The number of unbranched alkanes of at least 4 members (excludes halogenated alkanes) is 1. The van der Waals surface area contributed by atoms with Crippen molar-refractivity contribution in [3.05, 3.63) is 0 Å². The Morgan fingerprint density at radius 2 is 1.90 bits per heavy atom. The molecular weight excluding hydrogens is 254 g/mol. The molecule has 0 spiro atoms. The second-order valence-electron chi connectivity index (χ2n) is 5.95. The molecular formula is C16H29NO3. The molecule has 0 bridgehead atoms. The van der Waals surface area contributed by atoms with Gasteiger partial charge in [0.25, 0.3) is 0 Å². The fourth-order valence-electron chi connectivity index (χ4n) is 3.05. The van der Waals surface area contributed by atoms with Crippen LogP contribution in [0.1, 0.15) is 71.6 Å². The van der Waals surface area contributed by atoms with Crippen LogP contribution in [0, 0.1) is 11.8 Å². The van der Waals surface area contributed by atoms with E-state index in [2.05, 4.69) is 12.2 Å². The molecule has 20 heavy (non-hydrogen) atoms. The average molecular weight is 283 g/mol. The number of carboxylic acids is 1. The monoisotopic (exact) mass is 283 g/mol. The Balaban J connectivity index is 2.61. The Morgan fingerprint density at radius 1 is 1.20 bits per heavy atom. The summed E-state index contributed by atoms with van der Waals surface area (Å²) in [6.07, 6.45) is 8.41. The fraction of sp³-hybridized carbons (Fsp3) is 0.875. The Morgan fingerprint density at radius 3 is 2.50 bits per heavy atom. The van der Waals surface area contributed by atoms with Crippen LogP contribution in [0.5, 0.6) is 0 Å². The molecule has 4 heteroatoms. The lowest BCUT2D eigenvalue weighted by Gasteiger charge is -2.25. The second-order valence-corrected chi connectivity index (χ2v) is 5.95. The van der Waals surface area contributed by atoms with Crippen molar-refractivity contribution in [3.63, 3.8) is 0 Å². The molecule has 1 rings (SSSR count). The van der Waals surface area contributed by atoms with Gasteiger partial charge in [0.15, 0.2) is 0 Å². The molecule has 0 aromatic heterocycles. The molecule has 1 saturated carbocycles. The van der Waals surface area contributed by atoms with Crippen LogP contribution in [0.3, 0.4) is 0 Å². The molecule has 0 aliphatic heterocycles. The van der Waals surface area contributed by atoms with Gasteiger partial charge in [0, 0.05) is 12.0 Å². The van der Waals surface area contributed by atoms with Crippen molar-refractivity contribution < 1.29 is 14.7 Å². The highest BCUT2D eigenvalue weighted by molar-refractivity contribution is 5.80. The molecule has 0 radical (unpaired) electrons. The summed E-state index contributed by atoms with van der Waals surface area (Å²) < 4.78 is 0. The van der Waals surface area contributed by atoms with Crippen molar-refractivity contribution in [2.75, 3.05) is 0 Å². The van der Waals surface area contributed by atoms with Crippen molar-refractivity contribution in [2.24, 2.45) is 11.8 Å². The molecule has 1 aliphatic rings. The van der Waals surface area contributed by atoms with Crippen molar-refractivity contribution in [1.82, 2.24) is 5.32 Å². The highest BCUT2D eigenvalue weighted by atomic mass is 16.4. The lowest BCUT2D eigenvalue weighted by molar-refractivity contribution is -0.143. The summed E-state index contributed by atoms with van der Waals surface area (Å²) in [5.41, 5.74) is 0. The van der Waals surface area contributed by atoms with Gasteiger partial charge in [-0.2, -0.15) is 0 Å². The van der Waals surface area contributed by atoms with Gasteiger partial charge in [0.1, 0.15) is 0 Å². The van der Waals surface area contributed by atoms with Crippen LogP contribution in [0.2, 0.25) is 0 Å². The highest BCUT2D eigenvalue weighted by Crippen LogP contribution is 2.24. The molecule has 116 valence electrons. The zero-order chi connectivity index (χ0) is 15.0. The number of aliphatic carboxylic acids is 1. The Labute approximate surface area is 122 Å². The number of rotatable bonds is 7. The number of carbonyl (C=O) groups is 2. The molecule has 3 atom stereocenters. The van der Waals surface area contributed by atoms with E-state index in [1.54, 1.807) is 0 Å². The summed E-state index contributed by atoms with van der Waals surface area (Å²) in [6.45, 7) is 4.15. The van der Waals surface area contributed by atoms with Gasteiger partial charge in [-0.05, 0) is 25.7 Å². The minimum absolute atomic E-state index is 0.0349. The third-order valence-electron chi connectivity index (χ3n) is 4.43. The first kappa shape index (κ1) is 17.0. The summed E-state index contributed by atoms with van der Waals surface area (Å²) in [6, 6.07) is -0.182. The van der Waals surface area contributed by atoms with E-state index in [0.717, 1.165) is 51.4 Å². The van der Waals surface area contributed by atoms with Gasteiger partial charge in [0.05, 0.1) is 5.92 Å². The maximum absolute atomic E-state index is 12.3. The van der Waals surface area contributed by atoms with E-state index in [4.69, 9.17) is 0 Å². The topological polar surface area (TPSA) is 66.4 Å². The van der Waals surface area contributed by atoms with Crippen LogP contribution in [0.25, 0.3) is 0 Å². The average Bonchev–Trinajstić information content (AvgIpc) is 2.65. The maximum Gasteiger partial charge on any atom is 0.308 e. The van der Waals surface area contributed by atoms with Crippen molar-refractivity contribution >= 4 is 11.9 Å². The number of amides is 1. The van der Waals surface area contributed by atoms with Crippen LogP contribution < -0.4 is 5.32 Å². The molecule has 1 aliphatic carbocycles. The number of hydrogen-bond donors (Lipinski definition) is 2. The van der Waals surface area contributed by atoms with Crippen LogP contribution in [0.15, 0.2) is 0 Å². The molecule has 1 fully saturated rings. The molecule has 0 saturated heterocycles. The van der Waals surface area contributed by atoms with Crippen molar-refractivity contribution in [2.45, 2.75) is 77.7 Å². The van der Waals surface area contributed by atoms with Crippen LogP contribution in [-0.2, 0) is 9.59 Å². The minimum Gasteiger partial charge on any atom is -0.481 e. The van der Waals surface area contributed by atoms with Crippen LogP contribution in [0.4, 0.5) is 0 Å². The van der Waals surface area contributed by atoms with Crippen LogP contribution in [-0.4, -0.2) is 23.0 Å². The van der Waals surface area contributed by atoms with Gasteiger partial charge in [-0.25, -0.2) is 0 Å². The zero-order valence-corrected chi connectivity index (χ0v) is 12.9. The molecule has 1 amide bonds. The Hall–Kier alpha value is -1.06. The quantitative estimate of drug-likeness (QED) is 0.704. The van der Waals surface area contributed by atoms with E-state index in [-0.39, 0.29) is 17.9 Å². The maximum atomic E-state index is 12.3. The number of carboxylic acid groups (broad SMARTS) is 1. The van der Waals surface area contributed by atoms with Crippen LogP contribution >= 0.6 is 0 Å². The number of carbonyl (C=O) groups excluding carboxylic acids is 1. The Bertz CT molecular complexity index is 317. The zero-order valence-electron chi connectivity index (χ0n) is 12.9. The van der Waals surface area contributed by atoms with Gasteiger partial charge < -0.3 is 10.4 Å². The molecule has 0 heterocycles. The van der Waals surface area contributed by atoms with E-state index in [0.29, 0.717) is 6.42 Å². The third-order valence-corrected chi connectivity index (χ3v) is 4.43. The summed E-state index contributed by atoms with van der Waals surface area (Å²) in [5.74, 6) is -1.09. The van der Waals surface area contributed by atoms with E-state index in [1.165, 1.54) is 0 Å². The predicted molar refractivity (Wildman–Crippen MR) is 79.4 cm³/mol. The second kappa shape index (κ2) is 8.98. The van der Waals surface area contributed by atoms with E-state index in [9.17, 15) is 14.7 Å². The van der Waals surface area contributed by atoms with Crippen molar-refractivity contribution in [3.8, 4) is 0 Å². The fourth-order valence-corrected chi connectivity index (χ4v) is 3.05. The lowest BCUT2D eigenvalue weighted by Crippen LogP contribution is -2.45. The van der Waals surface area contributed by atoms with Gasteiger partial charge in [-0.1, -0.05) is 46.0 Å². The molecule has 0 aromatic carbocycles. The first-order valence-electron chi connectivity index (χ1n) is 8.13. The minimum atomic E-state index is -0.765. The summed E-state index contributed by atoms with van der Waals surface area (Å²) in [4.78, 5) is 23.7. The van der Waals surface area contributed by atoms with Crippen molar-refractivity contribution in [1.29, 1.82) is 0 Å². The Kier molecular flexibility index (Phi) is 7.63. The smallest absolute Gasteiger partial charge is 0.308 e. The summed E-state index contributed by atoms with van der Waals surface area (Å²) >= 11 is 0. The number of hydrogen-bond acceptors (Lipinski definition) is 2. The summed E-state index contributed by atoms with van der Waals surface area (Å²) in [5, 5.41) is 12.4. The SMILES string of the molecule is CCCCC(CC)C(=O)N[C@H]1CCCCC[C@H]1C(=O)O. The van der Waals surface area contributed by atoms with Gasteiger partial charge in [-0.3, -0.25) is 9.59 Å². The molecule has 0 aromatic rings. The third kappa shape index (κ3) is 5.14. The standard InChI is InChI=1S/C16H29NO3/c1-3-5-9-12(4-2)15(18)17-14-11-8-6-7-10-13(14)16(19)20/h12-14H,3-11H2,1-2H3,(H,17,18)(H,19,20)/t12?,13-,14+/m1/s1. The molecule has 1 unspecified atom stereocenters. The van der Waals surface area contributed by atoms with E-state index >= 15 is 0 Å². The highest BCUT2D eigenvalue weighted by Gasteiger charge is 2.31. The van der Waals surface area contributed by atoms with Gasteiger partial charge in [-0.15, -0.1) is 0 Å². The summed E-state index contributed by atoms with van der Waals surface area (Å²) in [7, 11) is 0. The van der Waals surface area contributed by atoms with Gasteiger partial charge in [0.2, 0.25) is 5.91 Å². The number of nitrogens with one attached hydrogen (secondary N) is 1. The van der Waals surface area contributed by atoms with E-state index < -0.39 is 11.9 Å². The first-order chi connectivity index (χ1) is 9.60. The molecule has 4 nitrogen and oxygen atoms in total. The molecule has 2 N–H and O–H groups in total. The normalized spacial score (nSPS) is 24.7. The first-order valence-corrected chi connectivity index (χ1v) is 8.13.